The van der Waals surface area contributed by atoms with Crippen LogP contribution in [0.4, 0.5) is 20.6 Å². The van der Waals surface area contributed by atoms with Gasteiger partial charge in [-0.1, -0.05) is 12.1 Å². The minimum atomic E-state index is -0.739. The van der Waals surface area contributed by atoms with Gasteiger partial charge in [0.05, 0.1) is 28.2 Å². The highest BCUT2D eigenvalue weighted by Crippen LogP contribution is 2.36. The third-order valence-electron chi connectivity index (χ3n) is 4.88. The third kappa shape index (κ3) is 5.06. The highest BCUT2D eigenvalue weighted by Gasteiger charge is 2.36. The highest BCUT2D eigenvalue weighted by atomic mass is 32.2. The third-order valence-corrected chi connectivity index (χ3v) is 5.79. The van der Waals surface area contributed by atoms with Crippen LogP contribution >= 0.6 is 11.8 Å². The van der Waals surface area contributed by atoms with Crippen LogP contribution in [0.3, 0.4) is 0 Å². The van der Waals surface area contributed by atoms with Gasteiger partial charge in [-0.2, -0.15) is 0 Å². The molecule has 0 bridgehead atoms. The van der Waals surface area contributed by atoms with Crippen molar-refractivity contribution in [2.75, 3.05) is 19.0 Å². The van der Waals surface area contributed by atoms with Crippen molar-refractivity contribution in [2.45, 2.75) is 0 Å². The molecule has 1 fully saturated rings. The molecule has 1 aromatic heterocycles. The molecule has 3 aromatic rings. The van der Waals surface area contributed by atoms with Gasteiger partial charge in [0, 0.05) is 18.2 Å². The Hall–Kier alpha value is -4.45. The van der Waals surface area contributed by atoms with Gasteiger partial charge in [0.15, 0.2) is 0 Å². The van der Waals surface area contributed by atoms with E-state index in [4.69, 9.17) is 9.15 Å². The Balaban J connectivity index is 1.51. The first-order valence-electron chi connectivity index (χ1n) is 9.99. The maximum absolute atomic E-state index is 13.7. The summed E-state index contributed by atoms with van der Waals surface area (Å²) >= 11 is 0.618. The van der Waals surface area contributed by atoms with E-state index in [1.807, 2.05) is 0 Å². The van der Waals surface area contributed by atoms with Gasteiger partial charge in [-0.25, -0.2) is 4.39 Å². The van der Waals surface area contributed by atoms with Gasteiger partial charge in [0.25, 0.3) is 16.8 Å². The predicted molar refractivity (Wildman–Crippen MR) is 125 cm³/mol. The first kappa shape index (κ1) is 23.7. The number of nitrogens with one attached hydrogen (secondary N) is 1. The lowest BCUT2D eigenvalue weighted by Crippen LogP contribution is -2.36. The number of nitrogens with zero attached hydrogens (tertiary/aromatic N) is 2. The van der Waals surface area contributed by atoms with E-state index in [2.05, 4.69) is 5.32 Å². The fraction of sp³-hybridized carbons (Fsp3) is 0.0870. The Labute approximate surface area is 201 Å². The first-order valence-corrected chi connectivity index (χ1v) is 10.8. The number of anilines is 1. The number of para-hydroxylation sites is 1. The van der Waals surface area contributed by atoms with Gasteiger partial charge in [0.1, 0.15) is 29.6 Å². The average molecular weight is 497 g/mol. The quantitative estimate of drug-likeness (QED) is 0.283. The topological polar surface area (TPSA) is 132 Å². The summed E-state index contributed by atoms with van der Waals surface area (Å²) in [4.78, 5) is 48.6. The van der Waals surface area contributed by atoms with E-state index >= 15 is 0 Å². The fourth-order valence-electron chi connectivity index (χ4n) is 3.24. The molecule has 178 valence electrons. The van der Waals surface area contributed by atoms with Gasteiger partial charge in [-0.05, 0) is 42.1 Å². The summed E-state index contributed by atoms with van der Waals surface area (Å²) < 4.78 is 24.7. The molecule has 12 heteroatoms. The molecule has 1 aliphatic rings. The van der Waals surface area contributed by atoms with Gasteiger partial charge < -0.3 is 14.5 Å². The Morgan fingerprint density at radius 2 is 2.00 bits per heavy atom. The molecule has 2 heterocycles. The van der Waals surface area contributed by atoms with Crippen molar-refractivity contribution in [1.82, 2.24) is 4.90 Å². The van der Waals surface area contributed by atoms with Gasteiger partial charge >= 0.3 is 0 Å². The Kier molecular flexibility index (Phi) is 6.64. The Morgan fingerprint density at radius 1 is 1.23 bits per heavy atom. The fourth-order valence-corrected chi connectivity index (χ4v) is 4.06. The van der Waals surface area contributed by atoms with E-state index in [1.54, 1.807) is 6.07 Å². The summed E-state index contributed by atoms with van der Waals surface area (Å²) in [5.41, 5.74) is 0.104. The highest BCUT2D eigenvalue weighted by molar-refractivity contribution is 8.18. The number of amides is 3. The molecule has 1 N–H and O–H groups in total. The number of ether oxygens (including phenoxy) is 1. The van der Waals surface area contributed by atoms with Crippen LogP contribution in [0.25, 0.3) is 17.4 Å². The number of rotatable bonds is 7. The lowest BCUT2D eigenvalue weighted by Gasteiger charge is -2.12. The number of hydrogen-bond donors (Lipinski definition) is 1. The van der Waals surface area contributed by atoms with Crippen LogP contribution in [-0.4, -0.2) is 40.5 Å². The number of carbonyl (C=O) groups is 3. The number of furan rings is 1. The number of carbonyl (C=O) groups excluding carboxylic acids is 3. The van der Waals surface area contributed by atoms with Gasteiger partial charge in [-0.15, -0.1) is 0 Å². The van der Waals surface area contributed by atoms with Crippen molar-refractivity contribution in [3.63, 3.8) is 0 Å². The van der Waals surface area contributed by atoms with E-state index in [0.717, 1.165) is 4.90 Å². The van der Waals surface area contributed by atoms with E-state index in [9.17, 15) is 28.9 Å². The number of benzene rings is 2. The maximum atomic E-state index is 13.7. The average Bonchev–Trinajstić information content (AvgIpc) is 3.40. The molecule has 0 aliphatic carbocycles. The number of nitro groups is 1. The SMILES string of the molecule is COc1ccc([N+](=O)[O-])cc1-c1ccc(/C=C2/SC(=O)N(CC(=O)Nc3ccccc3F)C2=O)o1. The van der Waals surface area contributed by atoms with Crippen molar-refractivity contribution in [1.29, 1.82) is 0 Å². The second kappa shape index (κ2) is 9.81. The van der Waals surface area contributed by atoms with E-state index in [-0.39, 0.29) is 27.8 Å². The van der Waals surface area contributed by atoms with Crippen LogP contribution in [0.1, 0.15) is 5.76 Å². The lowest BCUT2D eigenvalue weighted by atomic mass is 10.1. The van der Waals surface area contributed by atoms with E-state index < -0.39 is 34.3 Å². The summed E-state index contributed by atoms with van der Waals surface area (Å²) in [7, 11) is 1.41. The summed E-state index contributed by atoms with van der Waals surface area (Å²) in [6.45, 7) is -0.593. The second-order valence-electron chi connectivity index (χ2n) is 7.14. The van der Waals surface area contributed by atoms with Crippen molar-refractivity contribution >= 4 is 46.3 Å². The number of hydrogen-bond acceptors (Lipinski definition) is 8. The zero-order chi connectivity index (χ0) is 25.1. The Morgan fingerprint density at radius 3 is 2.71 bits per heavy atom. The first-order chi connectivity index (χ1) is 16.8. The normalized spacial score (nSPS) is 14.5. The molecular formula is C23H16FN3O7S. The number of halogens is 1. The molecule has 0 spiro atoms. The largest absolute Gasteiger partial charge is 0.496 e. The molecule has 2 aromatic carbocycles. The standard InChI is InChI=1S/C23H16FN3O7S/c1-33-18-8-6-13(27(31)32)10-15(18)19-9-7-14(34-19)11-20-22(29)26(23(30)35-20)12-21(28)25-17-5-3-2-4-16(17)24/h2-11H,12H2,1H3,(H,25,28)/b20-11+. The zero-order valence-electron chi connectivity index (χ0n) is 18.0. The molecule has 1 saturated heterocycles. The minimum absolute atomic E-state index is 0.0144. The molecule has 3 amide bonds. The molecule has 0 unspecified atom stereocenters. The summed E-state index contributed by atoms with van der Waals surface area (Å²) in [6.07, 6.45) is 1.33. The smallest absolute Gasteiger partial charge is 0.294 e. The summed E-state index contributed by atoms with van der Waals surface area (Å²) in [6, 6.07) is 12.6. The van der Waals surface area contributed by atoms with Crippen LogP contribution < -0.4 is 10.1 Å². The van der Waals surface area contributed by atoms with E-state index in [1.165, 1.54) is 61.7 Å². The molecule has 4 rings (SSSR count). The van der Waals surface area contributed by atoms with Gasteiger partial charge in [-0.3, -0.25) is 29.4 Å². The molecule has 0 atom stereocenters. The lowest BCUT2D eigenvalue weighted by molar-refractivity contribution is -0.384. The van der Waals surface area contributed by atoms with Crippen molar-refractivity contribution in [3.05, 3.63) is 81.2 Å². The van der Waals surface area contributed by atoms with Crippen molar-refractivity contribution in [3.8, 4) is 17.1 Å². The Bertz CT molecular complexity index is 1380. The molecule has 0 radical (unpaired) electrons. The number of methoxy groups -OCH3 is 1. The minimum Gasteiger partial charge on any atom is -0.496 e. The van der Waals surface area contributed by atoms with Crippen LogP contribution in [0.5, 0.6) is 5.75 Å². The van der Waals surface area contributed by atoms with Crippen LogP contribution in [0.15, 0.2) is 63.9 Å². The van der Waals surface area contributed by atoms with Crippen LogP contribution in [-0.2, 0) is 9.59 Å². The molecule has 0 saturated carbocycles. The zero-order valence-corrected chi connectivity index (χ0v) is 18.8. The summed E-state index contributed by atoms with van der Waals surface area (Å²) in [5, 5.41) is 12.8. The van der Waals surface area contributed by atoms with E-state index in [0.29, 0.717) is 23.1 Å². The predicted octanol–water partition coefficient (Wildman–Crippen LogP) is 4.68. The molecule has 10 nitrogen and oxygen atoms in total. The number of nitro benzene ring substituents is 1. The summed E-state index contributed by atoms with van der Waals surface area (Å²) in [5.74, 6) is -1.30. The number of thioether (sulfide) groups is 1. The molecule has 1 aliphatic heterocycles. The molecule has 35 heavy (non-hydrogen) atoms. The number of imide groups is 1. The molecular weight excluding hydrogens is 481 g/mol. The maximum Gasteiger partial charge on any atom is 0.294 e. The van der Waals surface area contributed by atoms with Crippen molar-refractivity contribution in [2.24, 2.45) is 0 Å². The monoisotopic (exact) mass is 497 g/mol. The van der Waals surface area contributed by atoms with Crippen LogP contribution in [0.2, 0.25) is 0 Å². The van der Waals surface area contributed by atoms with Crippen molar-refractivity contribution < 1.29 is 32.9 Å². The number of non-ortho nitro benzene ring substituents is 1. The van der Waals surface area contributed by atoms with Gasteiger partial charge in [0.2, 0.25) is 5.91 Å². The second-order valence-corrected chi connectivity index (χ2v) is 8.13. The van der Waals surface area contributed by atoms with Crippen LogP contribution in [0, 0.1) is 15.9 Å².